The summed E-state index contributed by atoms with van der Waals surface area (Å²) in [5.74, 6) is 0.0467. The lowest BCUT2D eigenvalue weighted by Crippen LogP contribution is -2.23. The van der Waals surface area contributed by atoms with E-state index in [0.717, 1.165) is 0 Å². The molecule has 0 saturated heterocycles. The smallest absolute Gasteiger partial charge is 0.253 e. The van der Waals surface area contributed by atoms with Crippen LogP contribution in [0.5, 0.6) is 0 Å². The number of nitrogen functional groups attached to an aromatic ring is 1. The van der Waals surface area contributed by atoms with Crippen molar-refractivity contribution < 1.29 is 9.32 Å². The molecule has 0 aliphatic rings. The van der Waals surface area contributed by atoms with Crippen molar-refractivity contribution in [2.24, 2.45) is 0 Å². The SMILES string of the molecule is Nc1ccc(Cl)c(C(=O)NCc2ncon2)c1. The predicted octanol–water partition coefficient (Wildman–Crippen LogP) is 1.24. The largest absolute Gasteiger partial charge is 0.399 e. The number of rotatable bonds is 3. The van der Waals surface area contributed by atoms with Gasteiger partial charge in [-0.25, -0.2) is 0 Å². The van der Waals surface area contributed by atoms with Crippen LogP contribution in [0.1, 0.15) is 16.2 Å². The maximum Gasteiger partial charge on any atom is 0.253 e. The van der Waals surface area contributed by atoms with Gasteiger partial charge in [0.25, 0.3) is 5.91 Å². The fourth-order valence-electron chi connectivity index (χ4n) is 1.24. The third-order valence-electron chi connectivity index (χ3n) is 2.05. The van der Waals surface area contributed by atoms with Crippen molar-refractivity contribution in [3.63, 3.8) is 0 Å². The van der Waals surface area contributed by atoms with Gasteiger partial charge in [-0.3, -0.25) is 4.79 Å². The van der Waals surface area contributed by atoms with Gasteiger partial charge >= 0.3 is 0 Å². The standard InChI is InChI=1S/C10H9ClN4O2/c11-8-2-1-6(12)3-7(8)10(16)13-4-9-14-5-17-15-9/h1-3,5H,4,12H2,(H,13,16). The van der Waals surface area contributed by atoms with E-state index in [1.807, 2.05) is 0 Å². The average Bonchev–Trinajstić information content (AvgIpc) is 2.82. The summed E-state index contributed by atoms with van der Waals surface area (Å²) in [5.41, 5.74) is 6.36. The maximum atomic E-state index is 11.8. The van der Waals surface area contributed by atoms with Gasteiger partial charge in [0.1, 0.15) is 0 Å². The number of aromatic nitrogens is 2. The molecule has 1 aromatic heterocycles. The molecule has 0 unspecified atom stereocenters. The summed E-state index contributed by atoms with van der Waals surface area (Å²) in [6, 6.07) is 4.70. The van der Waals surface area contributed by atoms with Gasteiger partial charge in [-0.05, 0) is 18.2 Å². The summed E-state index contributed by atoms with van der Waals surface area (Å²) in [6.07, 6.45) is 1.19. The molecule has 6 nitrogen and oxygen atoms in total. The number of nitrogens with one attached hydrogen (secondary N) is 1. The quantitative estimate of drug-likeness (QED) is 0.802. The molecule has 1 heterocycles. The van der Waals surface area contributed by atoms with E-state index < -0.39 is 0 Å². The first-order valence-corrected chi connectivity index (χ1v) is 5.13. The van der Waals surface area contributed by atoms with Crippen LogP contribution >= 0.6 is 11.6 Å². The Kier molecular flexibility index (Phi) is 3.24. The molecule has 3 N–H and O–H groups in total. The third-order valence-corrected chi connectivity index (χ3v) is 2.38. The van der Waals surface area contributed by atoms with Crippen LogP contribution in [0.4, 0.5) is 5.69 Å². The van der Waals surface area contributed by atoms with Gasteiger partial charge in [0.05, 0.1) is 17.1 Å². The fraction of sp³-hybridized carbons (Fsp3) is 0.100. The molecule has 17 heavy (non-hydrogen) atoms. The lowest BCUT2D eigenvalue weighted by atomic mass is 10.2. The summed E-state index contributed by atoms with van der Waals surface area (Å²) >= 11 is 5.89. The summed E-state index contributed by atoms with van der Waals surface area (Å²) in [6.45, 7) is 0.167. The Morgan fingerprint density at radius 2 is 2.35 bits per heavy atom. The topological polar surface area (TPSA) is 94.0 Å². The van der Waals surface area contributed by atoms with E-state index in [1.54, 1.807) is 12.1 Å². The van der Waals surface area contributed by atoms with E-state index in [-0.39, 0.29) is 12.5 Å². The Morgan fingerprint density at radius 3 is 3.06 bits per heavy atom. The van der Waals surface area contributed by atoms with Crippen LogP contribution < -0.4 is 11.1 Å². The number of carbonyl (C=O) groups excluding carboxylic acids is 1. The molecule has 88 valence electrons. The number of hydrogen-bond acceptors (Lipinski definition) is 5. The Balaban J connectivity index is 2.07. The van der Waals surface area contributed by atoms with E-state index >= 15 is 0 Å². The van der Waals surface area contributed by atoms with Crippen molar-refractivity contribution in [2.45, 2.75) is 6.54 Å². The molecular weight excluding hydrogens is 244 g/mol. The number of carbonyl (C=O) groups is 1. The Labute approximate surface area is 102 Å². The lowest BCUT2D eigenvalue weighted by molar-refractivity contribution is 0.0950. The number of benzene rings is 1. The highest BCUT2D eigenvalue weighted by molar-refractivity contribution is 6.34. The minimum absolute atomic E-state index is 0.167. The van der Waals surface area contributed by atoms with Crippen LogP contribution in [0.25, 0.3) is 0 Å². The molecule has 2 rings (SSSR count). The second-order valence-corrected chi connectivity index (χ2v) is 3.68. The van der Waals surface area contributed by atoms with Crippen molar-refractivity contribution in [1.82, 2.24) is 15.5 Å². The van der Waals surface area contributed by atoms with Crippen molar-refractivity contribution in [3.05, 3.63) is 41.0 Å². The number of amides is 1. The monoisotopic (exact) mass is 252 g/mol. The van der Waals surface area contributed by atoms with Crippen LogP contribution in [0.3, 0.4) is 0 Å². The normalized spacial score (nSPS) is 10.2. The zero-order valence-corrected chi connectivity index (χ0v) is 9.44. The third kappa shape index (κ3) is 2.73. The Morgan fingerprint density at radius 1 is 1.53 bits per heavy atom. The van der Waals surface area contributed by atoms with Crippen molar-refractivity contribution in [2.75, 3.05) is 5.73 Å². The van der Waals surface area contributed by atoms with Crippen LogP contribution in [0.15, 0.2) is 29.1 Å². The van der Waals surface area contributed by atoms with Gasteiger partial charge in [-0.15, -0.1) is 0 Å². The zero-order chi connectivity index (χ0) is 12.3. The average molecular weight is 253 g/mol. The molecular formula is C10H9ClN4O2. The first-order valence-electron chi connectivity index (χ1n) is 4.75. The van der Waals surface area contributed by atoms with Gasteiger partial charge < -0.3 is 15.6 Å². The molecule has 0 atom stereocenters. The second kappa shape index (κ2) is 4.84. The molecule has 0 bridgehead atoms. The number of anilines is 1. The molecule has 0 saturated carbocycles. The van der Waals surface area contributed by atoms with Gasteiger partial charge in [0.15, 0.2) is 5.82 Å². The second-order valence-electron chi connectivity index (χ2n) is 3.27. The molecule has 1 aromatic carbocycles. The first-order chi connectivity index (χ1) is 8.16. The summed E-state index contributed by atoms with van der Waals surface area (Å²) in [5, 5.41) is 6.51. The zero-order valence-electron chi connectivity index (χ0n) is 8.68. The number of nitrogens with zero attached hydrogens (tertiary/aromatic N) is 2. The molecule has 0 radical (unpaired) electrons. The molecule has 0 fully saturated rings. The van der Waals surface area contributed by atoms with Gasteiger partial charge in [-0.2, -0.15) is 4.98 Å². The highest BCUT2D eigenvalue weighted by atomic mass is 35.5. The van der Waals surface area contributed by atoms with E-state index in [1.165, 1.54) is 12.5 Å². The number of nitrogens with two attached hydrogens (primary N) is 1. The minimum Gasteiger partial charge on any atom is -0.399 e. The van der Waals surface area contributed by atoms with Crippen LogP contribution in [-0.4, -0.2) is 16.0 Å². The van der Waals surface area contributed by atoms with Gasteiger partial charge in [-0.1, -0.05) is 16.8 Å². The van der Waals surface area contributed by atoms with E-state index in [4.69, 9.17) is 17.3 Å². The lowest BCUT2D eigenvalue weighted by Gasteiger charge is -2.05. The molecule has 0 aliphatic heterocycles. The van der Waals surface area contributed by atoms with Gasteiger partial charge in [0, 0.05) is 5.69 Å². The Bertz CT molecular complexity index is 527. The maximum absolute atomic E-state index is 11.8. The van der Waals surface area contributed by atoms with Crippen molar-refractivity contribution in [1.29, 1.82) is 0 Å². The summed E-state index contributed by atoms with van der Waals surface area (Å²) in [7, 11) is 0. The summed E-state index contributed by atoms with van der Waals surface area (Å²) in [4.78, 5) is 15.5. The van der Waals surface area contributed by atoms with Crippen molar-refractivity contribution in [3.8, 4) is 0 Å². The predicted molar refractivity (Wildman–Crippen MR) is 61.3 cm³/mol. The van der Waals surface area contributed by atoms with Crippen LogP contribution in [0, 0.1) is 0 Å². The fourth-order valence-corrected chi connectivity index (χ4v) is 1.45. The minimum atomic E-state index is -0.341. The molecule has 2 aromatic rings. The number of halogens is 1. The highest BCUT2D eigenvalue weighted by Gasteiger charge is 2.11. The van der Waals surface area contributed by atoms with E-state index in [9.17, 15) is 4.79 Å². The highest BCUT2D eigenvalue weighted by Crippen LogP contribution is 2.18. The van der Waals surface area contributed by atoms with Gasteiger partial charge in [0.2, 0.25) is 6.39 Å². The molecule has 0 spiro atoms. The summed E-state index contributed by atoms with van der Waals surface area (Å²) < 4.78 is 4.54. The van der Waals surface area contributed by atoms with Crippen LogP contribution in [-0.2, 0) is 6.54 Å². The molecule has 0 aliphatic carbocycles. The molecule has 7 heteroatoms. The van der Waals surface area contributed by atoms with Crippen LogP contribution in [0.2, 0.25) is 5.02 Å². The Hall–Kier alpha value is -2.08. The number of hydrogen-bond donors (Lipinski definition) is 2. The van der Waals surface area contributed by atoms with E-state index in [0.29, 0.717) is 22.1 Å². The molecule has 1 amide bonds. The van der Waals surface area contributed by atoms with Crippen molar-refractivity contribution >= 4 is 23.2 Å². The first kappa shape index (κ1) is 11.4. The van der Waals surface area contributed by atoms with E-state index in [2.05, 4.69) is 20.0 Å².